The lowest BCUT2D eigenvalue weighted by Crippen LogP contribution is -2.44. The average molecular weight is 480 g/mol. The Balaban J connectivity index is 2.32. The second-order valence-electron chi connectivity index (χ2n) is 6.59. The summed E-state index contributed by atoms with van der Waals surface area (Å²) >= 11 is 3.31. The quantitative estimate of drug-likeness (QED) is 0.346. The minimum atomic E-state index is -1.10. The minimum Gasteiger partial charge on any atom is -0.461 e. The summed E-state index contributed by atoms with van der Waals surface area (Å²) in [5.41, 5.74) is -0.796. The van der Waals surface area contributed by atoms with Crippen LogP contribution in [0.5, 0.6) is 0 Å². The highest BCUT2D eigenvalue weighted by Crippen LogP contribution is 2.23. The maximum atomic E-state index is 12.7. The van der Waals surface area contributed by atoms with Gasteiger partial charge in [0, 0.05) is 23.0 Å². The average Bonchev–Trinajstić information content (AvgIpc) is 2.68. The molecule has 10 nitrogen and oxygen atoms in total. The van der Waals surface area contributed by atoms with Gasteiger partial charge in [-0.05, 0) is 31.5 Å². The molecule has 158 valence electrons. The number of non-ortho nitro benzene ring substituents is 2. The number of halogens is 1. The van der Waals surface area contributed by atoms with E-state index in [0.717, 1.165) is 28.2 Å². The van der Waals surface area contributed by atoms with Crippen LogP contribution < -0.4 is 5.32 Å². The van der Waals surface area contributed by atoms with Crippen molar-refractivity contribution in [1.82, 2.24) is 5.32 Å². The maximum absolute atomic E-state index is 12.7. The van der Waals surface area contributed by atoms with Crippen molar-refractivity contribution in [3.8, 4) is 0 Å². The van der Waals surface area contributed by atoms with Gasteiger partial charge in [-0.15, -0.1) is 0 Å². The number of esters is 1. The van der Waals surface area contributed by atoms with E-state index in [1.165, 1.54) is 0 Å². The molecule has 1 atom stereocenters. The van der Waals surface area contributed by atoms with E-state index in [4.69, 9.17) is 4.74 Å². The van der Waals surface area contributed by atoms with Crippen LogP contribution in [0.4, 0.5) is 11.4 Å². The fourth-order valence-electron chi connectivity index (χ4n) is 2.54. The number of nitro benzene ring substituents is 2. The van der Waals surface area contributed by atoms with Crippen molar-refractivity contribution in [2.24, 2.45) is 0 Å². The summed E-state index contributed by atoms with van der Waals surface area (Å²) in [6.07, 6.45) is -0.331. The molecule has 0 unspecified atom stereocenters. The number of nitrogens with one attached hydrogen (secondary N) is 1. The number of nitro groups is 2. The van der Waals surface area contributed by atoms with Crippen molar-refractivity contribution in [2.45, 2.75) is 32.4 Å². The van der Waals surface area contributed by atoms with Crippen LogP contribution in [-0.2, 0) is 16.0 Å². The van der Waals surface area contributed by atoms with Crippen LogP contribution in [0.25, 0.3) is 0 Å². The van der Waals surface area contributed by atoms with E-state index < -0.39 is 45.2 Å². The number of ether oxygens (including phenoxy) is 1. The van der Waals surface area contributed by atoms with Crippen LogP contribution in [0.3, 0.4) is 0 Å². The molecule has 2 aromatic carbocycles. The van der Waals surface area contributed by atoms with Crippen molar-refractivity contribution in [3.63, 3.8) is 0 Å². The van der Waals surface area contributed by atoms with Crippen molar-refractivity contribution >= 4 is 39.2 Å². The molecule has 0 aliphatic carbocycles. The Hall–Kier alpha value is -3.34. The molecule has 0 heterocycles. The van der Waals surface area contributed by atoms with Crippen molar-refractivity contribution in [3.05, 3.63) is 78.3 Å². The monoisotopic (exact) mass is 479 g/mol. The van der Waals surface area contributed by atoms with Crippen LogP contribution in [-0.4, -0.2) is 33.9 Å². The highest BCUT2D eigenvalue weighted by atomic mass is 79.9. The first-order chi connectivity index (χ1) is 14.1. The fourth-order valence-corrected chi connectivity index (χ4v) is 2.81. The van der Waals surface area contributed by atoms with Gasteiger partial charge in [0.2, 0.25) is 0 Å². The number of carbonyl (C=O) groups excluding carboxylic acids is 2. The van der Waals surface area contributed by atoms with Gasteiger partial charge in [0.1, 0.15) is 6.04 Å². The Morgan fingerprint density at radius 3 is 2.03 bits per heavy atom. The summed E-state index contributed by atoms with van der Waals surface area (Å²) < 4.78 is 6.02. The Bertz CT molecular complexity index is 944. The van der Waals surface area contributed by atoms with Crippen LogP contribution in [0, 0.1) is 20.2 Å². The van der Waals surface area contributed by atoms with Gasteiger partial charge < -0.3 is 10.1 Å². The third-order valence-corrected chi connectivity index (χ3v) is 4.41. The van der Waals surface area contributed by atoms with Crippen LogP contribution in [0.1, 0.15) is 29.8 Å². The van der Waals surface area contributed by atoms with Crippen molar-refractivity contribution in [1.29, 1.82) is 0 Å². The van der Waals surface area contributed by atoms with Gasteiger partial charge in [-0.1, -0.05) is 28.1 Å². The van der Waals surface area contributed by atoms with Crippen LogP contribution in [0.2, 0.25) is 0 Å². The zero-order valence-electron chi connectivity index (χ0n) is 16.0. The first-order valence-corrected chi connectivity index (χ1v) is 9.55. The summed E-state index contributed by atoms with van der Waals surface area (Å²) in [6, 6.07) is 8.52. The highest BCUT2D eigenvalue weighted by molar-refractivity contribution is 9.10. The molecule has 0 aliphatic rings. The molecule has 0 radical (unpaired) electrons. The van der Waals surface area contributed by atoms with Gasteiger partial charge in [-0.3, -0.25) is 25.0 Å². The van der Waals surface area contributed by atoms with Crippen LogP contribution in [0.15, 0.2) is 46.9 Å². The molecule has 2 aromatic rings. The lowest BCUT2D eigenvalue weighted by molar-refractivity contribution is -0.394. The molecule has 0 bridgehead atoms. The van der Waals surface area contributed by atoms with Gasteiger partial charge in [-0.2, -0.15) is 0 Å². The van der Waals surface area contributed by atoms with Crippen molar-refractivity contribution in [2.75, 3.05) is 0 Å². The molecule has 0 saturated carbocycles. The third-order valence-electron chi connectivity index (χ3n) is 3.88. The van der Waals surface area contributed by atoms with Gasteiger partial charge in [-0.25, -0.2) is 4.79 Å². The predicted molar refractivity (Wildman–Crippen MR) is 110 cm³/mol. The number of carbonyl (C=O) groups is 2. The number of rotatable bonds is 8. The number of benzene rings is 2. The Morgan fingerprint density at radius 1 is 1.03 bits per heavy atom. The fraction of sp³-hybridized carbons (Fsp3) is 0.263. The molecule has 11 heteroatoms. The summed E-state index contributed by atoms with van der Waals surface area (Å²) in [6.45, 7) is 3.31. The number of amides is 1. The minimum absolute atomic E-state index is 0.0988. The Labute approximate surface area is 179 Å². The second kappa shape index (κ2) is 9.92. The zero-order valence-corrected chi connectivity index (χ0v) is 17.6. The second-order valence-corrected chi connectivity index (χ2v) is 7.51. The Kier molecular flexibility index (Phi) is 7.59. The smallest absolute Gasteiger partial charge is 0.329 e. The molecule has 0 aliphatic heterocycles. The molecular weight excluding hydrogens is 462 g/mol. The molecular formula is C19H18BrN3O7. The first kappa shape index (κ1) is 22.9. The first-order valence-electron chi connectivity index (χ1n) is 8.76. The summed E-state index contributed by atoms with van der Waals surface area (Å²) in [4.78, 5) is 45.6. The van der Waals surface area contributed by atoms with Gasteiger partial charge in [0.25, 0.3) is 17.3 Å². The largest absolute Gasteiger partial charge is 0.461 e. The van der Waals surface area contributed by atoms with E-state index in [9.17, 15) is 29.8 Å². The highest BCUT2D eigenvalue weighted by Gasteiger charge is 2.26. The van der Waals surface area contributed by atoms with E-state index in [0.29, 0.717) is 0 Å². The number of hydrogen-bond donors (Lipinski definition) is 1. The molecule has 2 rings (SSSR count). The predicted octanol–water partition coefficient (Wildman–Crippen LogP) is 3.56. The number of hydrogen-bond acceptors (Lipinski definition) is 7. The van der Waals surface area contributed by atoms with Gasteiger partial charge >= 0.3 is 5.97 Å². The lowest BCUT2D eigenvalue weighted by atomic mass is 10.0. The zero-order chi connectivity index (χ0) is 22.4. The molecule has 0 fully saturated rings. The number of nitrogens with zero attached hydrogens (tertiary/aromatic N) is 2. The van der Waals surface area contributed by atoms with E-state index >= 15 is 0 Å². The van der Waals surface area contributed by atoms with E-state index in [2.05, 4.69) is 21.2 Å². The maximum Gasteiger partial charge on any atom is 0.329 e. The summed E-state index contributed by atoms with van der Waals surface area (Å²) in [5.74, 6) is -1.56. The normalized spacial score (nSPS) is 11.6. The van der Waals surface area contributed by atoms with Crippen molar-refractivity contribution < 1.29 is 24.2 Å². The molecule has 0 saturated heterocycles. The molecule has 0 aromatic heterocycles. The molecule has 30 heavy (non-hydrogen) atoms. The standard InChI is InChI=1S/C19H18BrN3O7/c1-11(2)30-19(25)17(7-12-3-5-14(20)6-4-12)21-18(24)13-8-15(22(26)27)10-16(9-13)23(28)29/h3-6,8-11,17H,7H2,1-2H3,(H,21,24)/t17-/m0/s1. The SMILES string of the molecule is CC(C)OC(=O)[C@H](Cc1ccc(Br)cc1)NC(=O)c1cc([N+](=O)[O-])cc([N+](=O)[O-])c1. The van der Waals surface area contributed by atoms with Crippen LogP contribution >= 0.6 is 15.9 Å². The van der Waals surface area contributed by atoms with E-state index in [1.54, 1.807) is 38.1 Å². The molecule has 1 amide bonds. The Morgan fingerprint density at radius 2 is 1.57 bits per heavy atom. The topological polar surface area (TPSA) is 142 Å². The summed E-state index contributed by atoms with van der Waals surface area (Å²) in [5, 5.41) is 24.6. The summed E-state index contributed by atoms with van der Waals surface area (Å²) in [7, 11) is 0. The molecule has 0 spiro atoms. The van der Waals surface area contributed by atoms with E-state index in [1.807, 2.05) is 0 Å². The molecule has 1 N–H and O–H groups in total. The van der Waals surface area contributed by atoms with E-state index in [-0.39, 0.29) is 12.0 Å². The third kappa shape index (κ3) is 6.34. The van der Waals surface area contributed by atoms with Gasteiger partial charge in [0.05, 0.1) is 27.6 Å². The van der Waals surface area contributed by atoms with Gasteiger partial charge in [0.15, 0.2) is 0 Å². The lowest BCUT2D eigenvalue weighted by Gasteiger charge is -2.19.